The predicted molar refractivity (Wildman–Crippen MR) is 79.7 cm³/mol. The molecule has 1 saturated carbocycles. The van der Waals surface area contributed by atoms with E-state index >= 15 is 0 Å². The van der Waals surface area contributed by atoms with Gasteiger partial charge in [0.05, 0.1) is 0 Å². The van der Waals surface area contributed by atoms with Crippen molar-refractivity contribution in [2.45, 2.75) is 44.8 Å². The lowest BCUT2D eigenvalue weighted by Gasteiger charge is -2.19. The van der Waals surface area contributed by atoms with E-state index in [1.807, 2.05) is 20.8 Å². The number of alkyl carbamates (subject to hydrolysis) is 1. The smallest absolute Gasteiger partial charge is 0.407 e. The lowest BCUT2D eigenvalue weighted by Crippen LogP contribution is -2.34. The summed E-state index contributed by atoms with van der Waals surface area (Å²) in [7, 11) is 0. The number of ether oxygens (including phenoxy) is 1. The average Bonchev–Trinajstić information content (AvgIpc) is 2.95. The molecule has 1 N–H and O–H groups in total. The van der Waals surface area contributed by atoms with Gasteiger partial charge in [-0.2, -0.15) is 0 Å². The van der Waals surface area contributed by atoms with E-state index in [1.54, 1.807) is 0 Å². The van der Waals surface area contributed by atoms with Gasteiger partial charge in [-0.05, 0) is 67.5 Å². The maximum absolute atomic E-state index is 11.6. The second kappa shape index (κ2) is 5.07. The Labute approximate surface area is 121 Å². The molecule has 0 aromatic heterocycles. The van der Waals surface area contributed by atoms with Crippen molar-refractivity contribution < 1.29 is 9.53 Å². The van der Waals surface area contributed by atoms with Gasteiger partial charge in [0.25, 0.3) is 0 Å². The third kappa shape index (κ3) is 3.86. The highest BCUT2D eigenvalue weighted by Gasteiger charge is 2.40. The van der Waals surface area contributed by atoms with Crippen LogP contribution in [0.1, 0.15) is 38.7 Å². The van der Waals surface area contributed by atoms with Gasteiger partial charge in [-0.25, -0.2) is 4.79 Å². The molecule has 2 rings (SSSR count). The molecule has 0 saturated heterocycles. The number of benzene rings is 1. The number of carbonyl (C=O) groups excluding carboxylic acids is 1. The number of hydrogen-bond donors (Lipinski definition) is 1. The molecule has 98 valence electrons. The highest BCUT2D eigenvalue weighted by molar-refractivity contribution is 14.1. The molecule has 1 aliphatic rings. The third-order valence-corrected chi connectivity index (χ3v) is 3.51. The molecule has 0 spiro atoms. The summed E-state index contributed by atoms with van der Waals surface area (Å²) < 4.78 is 6.47. The number of rotatable bonds is 2. The second-order valence-electron chi connectivity index (χ2n) is 5.65. The molecule has 18 heavy (non-hydrogen) atoms. The molecular weight excluding hydrogens is 341 g/mol. The van der Waals surface area contributed by atoms with Gasteiger partial charge in [-0.1, -0.05) is 12.1 Å². The van der Waals surface area contributed by atoms with E-state index in [-0.39, 0.29) is 12.1 Å². The van der Waals surface area contributed by atoms with Gasteiger partial charge in [-0.15, -0.1) is 0 Å². The maximum Gasteiger partial charge on any atom is 0.407 e. The average molecular weight is 359 g/mol. The van der Waals surface area contributed by atoms with Gasteiger partial charge in [0, 0.05) is 15.5 Å². The van der Waals surface area contributed by atoms with Gasteiger partial charge >= 0.3 is 6.09 Å². The Balaban J connectivity index is 1.85. The van der Waals surface area contributed by atoms with Crippen molar-refractivity contribution in [1.82, 2.24) is 5.32 Å². The maximum atomic E-state index is 11.6. The number of carbonyl (C=O) groups is 1. The first-order chi connectivity index (χ1) is 8.35. The molecule has 1 amide bonds. The van der Waals surface area contributed by atoms with Crippen LogP contribution < -0.4 is 5.32 Å². The van der Waals surface area contributed by atoms with Gasteiger partial charge in [-0.3, -0.25) is 0 Å². The molecular formula is C14H18INO2. The summed E-state index contributed by atoms with van der Waals surface area (Å²) in [6.45, 7) is 5.61. The molecule has 2 unspecified atom stereocenters. The summed E-state index contributed by atoms with van der Waals surface area (Å²) in [6, 6.07) is 8.67. The lowest BCUT2D eigenvalue weighted by atomic mass is 10.1. The SMILES string of the molecule is CC(C)(C)OC(=O)NC1CC1c1ccc(I)cc1. The molecule has 2 atom stereocenters. The standard InChI is InChI=1S/C14H18INO2/c1-14(2,3)18-13(17)16-12-8-11(12)9-4-6-10(15)7-5-9/h4-7,11-12H,8H2,1-3H3,(H,16,17). The van der Waals surface area contributed by atoms with E-state index in [9.17, 15) is 4.79 Å². The molecule has 0 aliphatic heterocycles. The van der Waals surface area contributed by atoms with Crippen molar-refractivity contribution in [3.8, 4) is 0 Å². The Morgan fingerprint density at radius 2 is 1.94 bits per heavy atom. The minimum atomic E-state index is -0.433. The molecule has 0 bridgehead atoms. The highest BCUT2D eigenvalue weighted by Crippen LogP contribution is 2.40. The van der Waals surface area contributed by atoms with E-state index in [0.29, 0.717) is 5.92 Å². The molecule has 1 fully saturated rings. The van der Waals surface area contributed by atoms with Gasteiger partial charge in [0.2, 0.25) is 0 Å². The van der Waals surface area contributed by atoms with Crippen LogP contribution in [0, 0.1) is 3.57 Å². The fourth-order valence-electron chi connectivity index (χ4n) is 1.89. The molecule has 1 aromatic carbocycles. The van der Waals surface area contributed by atoms with Crippen LogP contribution in [0.2, 0.25) is 0 Å². The first-order valence-electron chi connectivity index (χ1n) is 6.10. The van der Waals surface area contributed by atoms with Crippen LogP contribution in [-0.2, 0) is 4.74 Å². The number of hydrogen-bond acceptors (Lipinski definition) is 2. The fraction of sp³-hybridized carbons (Fsp3) is 0.500. The molecule has 0 heterocycles. The summed E-state index contributed by atoms with van der Waals surface area (Å²) in [6.07, 6.45) is 0.681. The third-order valence-electron chi connectivity index (χ3n) is 2.79. The van der Waals surface area contributed by atoms with Gasteiger partial charge in [0.15, 0.2) is 0 Å². The quantitative estimate of drug-likeness (QED) is 0.819. The van der Waals surface area contributed by atoms with Crippen molar-refractivity contribution in [2.75, 3.05) is 0 Å². The van der Waals surface area contributed by atoms with Crippen LogP contribution in [-0.4, -0.2) is 17.7 Å². The van der Waals surface area contributed by atoms with Crippen LogP contribution in [0.3, 0.4) is 0 Å². The number of amides is 1. The van der Waals surface area contributed by atoms with E-state index in [4.69, 9.17) is 4.74 Å². The molecule has 4 heteroatoms. The minimum absolute atomic E-state index is 0.222. The second-order valence-corrected chi connectivity index (χ2v) is 6.89. The number of nitrogens with one attached hydrogen (secondary N) is 1. The zero-order valence-corrected chi connectivity index (χ0v) is 13.0. The largest absolute Gasteiger partial charge is 0.444 e. The minimum Gasteiger partial charge on any atom is -0.444 e. The van der Waals surface area contributed by atoms with Crippen LogP contribution in [0.15, 0.2) is 24.3 Å². The zero-order valence-electron chi connectivity index (χ0n) is 10.9. The molecule has 0 radical (unpaired) electrons. The molecule has 1 aromatic rings. The first-order valence-corrected chi connectivity index (χ1v) is 7.18. The van der Waals surface area contributed by atoms with E-state index in [2.05, 4.69) is 52.2 Å². The summed E-state index contributed by atoms with van der Waals surface area (Å²) >= 11 is 2.29. The van der Waals surface area contributed by atoms with E-state index < -0.39 is 5.60 Å². The number of halogens is 1. The molecule has 3 nitrogen and oxygen atoms in total. The van der Waals surface area contributed by atoms with Crippen molar-refractivity contribution >= 4 is 28.7 Å². The lowest BCUT2D eigenvalue weighted by molar-refractivity contribution is 0.0523. The summed E-state index contributed by atoms with van der Waals surface area (Å²) in [5.41, 5.74) is 0.855. The van der Waals surface area contributed by atoms with Crippen molar-refractivity contribution in [3.63, 3.8) is 0 Å². The Morgan fingerprint density at radius 1 is 1.33 bits per heavy atom. The monoisotopic (exact) mass is 359 g/mol. The predicted octanol–water partition coefficient (Wildman–Crippen LogP) is 3.67. The summed E-state index contributed by atoms with van der Waals surface area (Å²) in [5.74, 6) is 0.439. The zero-order chi connectivity index (χ0) is 13.3. The van der Waals surface area contributed by atoms with Crippen LogP contribution >= 0.6 is 22.6 Å². The Hall–Kier alpha value is -0.780. The summed E-state index contributed by atoms with van der Waals surface area (Å²) in [5, 5.41) is 2.91. The Bertz CT molecular complexity index is 436. The topological polar surface area (TPSA) is 38.3 Å². The van der Waals surface area contributed by atoms with E-state index in [1.165, 1.54) is 9.13 Å². The van der Waals surface area contributed by atoms with Crippen molar-refractivity contribution in [2.24, 2.45) is 0 Å². The van der Waals surface area contributed by atoms with Crippen LogP contribution in [0.25, 0.3) is 0 Å². The Morgan fingerprint density at radius 3 is 2.50 bits per heavy atom. The van der Waals surface area contributed by atoms with Crippen LogP contribution in [0.4, 0.5) is 4.79 Å². The molecule has 1 aliphatic carbocycles. The van der Waals surface area contributed by atoms with Gasteiger partial charge < -0.3 is 10.1 Å². The van der Waals surface area contributed by atoms with E-state index in [0.717, 1.165) is 6.42 Å². The van der Waals surface area contributed by atoms with Crippen molar-refractivity contribution in [3.05, 3.63) is 33.4 Å². The van der Waals surface area contributed by atoms with Crippen molar-refractivity contribution in [1.29, 1.82) is 0 Å². The Kier molecular flexibility index (Phi) is 3.84. The highest BCUT2D eigenvalue weighted by atomic mass is 127. The van der Waals surface area contributed by atoms with Gasteiger partial charge in [0.1, 0.15) is 5.60 Å². The normalized spacial score (nSPS) is 22.4. The fourth-order valence-corrected chi connectivity index (χ4v) is 2.25. The van der Waals surface area contributed by atoms with Crippen LogP contribution in [0.5, 0.6) is 0 Å². The summed E-state index contributed by atoms with van der Waals surface area (Å²) in [4.78, 5) is 11.6. The first kappa shape index (κ1) is 13.6.